The smallest absolute Gasteiger partial charge is 0.307 e. The molecule has 1 saturated heterocycles. The van der Waals surface area contributed by atoms with E-state index in [1.165, 1.54) is 334 Å². The van der Waals surface area contributed by atoms with Gasteiger partial charge in [-0.25, -0.2) is 0 Å². The molecule has 0 aromatic heterocycles. The van der Waals surface area contributed by atoms with Gasteiger partial charge in [0, 0.05) is 63.6 Å². The van der Waals surface area contributed by atoms with Gasteiger partial charge in [0.25, 0.3) is 0 Å². The zero-order valence-corrected chi connectivity index (χ0v) is 77.8. The third-order valence-corrected chi connectivity index (χ3v) is 25.3. The quantitative estimate of drug-likeness (QED) is 0.0330. The van der Waals surface area contributed by atoms with Crippen LogP contribution in [0.15, 0.2) is 0 Å². The number of thioether (sulfide) groups is 2. The Balaban J connectivity index is 2.62. The predicted molar refractivity (Wildman–Crippen MR) is 491 cm³/mol. The van der Waals surface area contributed by atoms with Crippen LogP contribution in [0.25, 0.3) is 0 Å². The lowest BCUT2D eigenvalue weighted by molar-refractivity contribution is -0.146. The van der Waals surface area contributed by atoms with Gasteiger partial charge in [0.1, 0.15) is 12.1 Å². The first-order valence-electron chi connectivity index (χ1n) is 49.9. The van der Waals surface area contributed by atoms with E-state index in [1.807, 2.05) is 9.80 Å². The maximum atomic E-state index is 13.4. The molecule has 0 aliphatic carbocycles. The van der Waals surface area contributed by atoms with E-state index in [0.717, 1.165) is 101 Å². The predicted octanol–water partition coefficient (Wildman–Crippen LogP) is 26.4. The van der Waals surface area contributed by atoms with E-state index >= 15 is 0 Å². The number of carbonyl (C=O) groups excluding carboxylic acids is 8. The zero-order valence-electron chi connectivity index (χ0n) is 76.2. The second kappa shape index (κ2) is 88.1. The van der Waals surface area contributed by atoms with Crippen molar-refractivity contribution in [3.8, 4) is 0 Å². The molecular weight excluding hydrogens is 1490 g/mol. The number of nitrogens with zero attached hydrogens (tertiary/aromatic N) is 2. The van der Waals surface area contributed by atoms with Crippen LogP contribution in [0, 0.1) is 0 Å². The molecule has 0 bridgehead atoms. The lowest BCUT2D eigenvalue weighted by Crippen LogP contribution is -2.61. The molecule has 2 unspecified atom stereocenters. The van der Waals surface area contributed by atoms with Gasteiger partial charge in [0.2, 0.25) is 11.8 Å². The van der Waals surface area contributed by atoms with E-state index in [2.05, 4.69) is 38.3 Å². The van der Waals surface area contributed by atoms with Crippen LogP contribution in [0.4, 0.5) is 0 Å². The number of unbranched alkanes of at least 4 members (excludes halogenated alkanes) is 60. The lowest BCUT2D eigenvalue weighted by Gasteiger charge is -2.29. The molecule has 2 amide bonds. The van der Waals surface area contributed by atoms with E-state index in [4.69, 9.17) is 18.9 Å². The van der Waals surface area contributed by atoms with Gasteiger partial charge in [-0.15, -0.1) is 0 Å². The van der Waals surface area contributed by atoms with Gasteiger partial charge >= 0.3 is 23.9 Å². The van der Waals surface area contributed by atoms with Gasteiger partial charge < -0.3 is 39.4 Å². The third-order valence-electron chi connectivity index (χ3n) is 23.5. The molecule has 116 heavy (non-hydrogen) atoms. The summed E-state index contributed by atoms with van der Waals surface area (Å²) in [5.41, 5.74) is 0. The largest absolute Gasteiger partial charge is 0.466 e. The molecule has 0 radical (unpaired) electrons. The fraction of sp³-hybridized carbons (Fsp3) is 0.918. The summed E-state index contributed by atoms with van der Waals surface area (Å²) in [6.45, 7) is 13.1. The van der Waals surface area contributed by atoms with Gasteiger partial charge in [-0.2, -0.15) is 0 Å². The first kappa shape index (κ1) is 111. The Morgan fingerprint density at radius 1 is 0.241 bits per heavy atom. The number of piperazine rings is 1. The molecule has 1 aliphatic heterocycles. The number of hydrogen-bond donors (Lipinski definition) is 2. The molecule has 18 heteroatoms. The summed E-state index contributed by atoms with van der Waals surface area (Å²) < 4.78 is 22.6. The summed E-state index contributed by atoms with van der Waals surface area (Å²) in [6.07, 6.45) is 82.9. The summed E-state index contributed by atoms with van der Waals surface area (Å²) in [5, 5.41) is 5.32. The number of ether oxygens (including phenoxy) is 4. The van der Waals surface area contributed by atoms with Crippen molar-refractivity contribution in [2.45, 2.75) is 502 Å². The Labute approximate surface area is 722 Å². The highest BCUT2D eigenvalue weighted by Crippen LogP contribution is 2.22. The van der Waals surface area contributed by atoms with Crippen LogP contribution in [-0.4, -0.2) is 145 Å². The first-order chi connectivity index (χ1) is 56.9. The SMILES string of the molecule is CCCCCCCCCCCCCCCCCCOC(=O)CCN(CCSC(=O)CCC1NC(=O)C(CCC(=O)SCCN(CCC(=O)OCCCCCCCCCCCCCCCCCC)CCC(=O)OCCCCCCCCCCCCCCCCCC)NC1=O)CCC(=O)OCCCCCCCCCCCCCCCCCC. The minimum Gasteiger partial charge on any atom is -0.466 e. The number of hydrogen-bond acceptors (Lipinski definition) is 16. The van der Waals surface area contributed by atoms with Crippen molar-refractivity contribution in [3.05, 3.63) is 0 Å². The molecule has 1 aliphatic rings. The summed E-state index contributed by atoms with van der Waals surface area (Å²) in [7, 11) is 0. The fourth-order valence-electron chi connectivity index (χ4n) is 15.6. The van der Waals surface area contributed by atoms with Gasteiger partial charge in [0.15, 0.2) is 10.2 Å². The van der Waals surface area contributed by atoms with Crippen molar-refractivity contribution in [3.63, 3.8) is 0 Å². The average Bonchev–Trinajstić information content (AvgIpc) is 0.843. The molecule has 1 fully saturated rings. The molecule has 1 rings (SSSR count). The Kier molecular flexibility index (Phi) is 84.1. The molecule has 2 N–H and O–H groups in total. The maximum Gasteiger partial charge on any atom is 0.307 e. The van der Waals surface area contributed by atoms with Crippen LogP contribution in [0.5, 0.6) is 0 Å². The second-order valence-corrected chi connectivity index (χ2v) is 36.7. The Morgan fingerprint density at radius 3 is 0.578 bits per heavy atom. The molecule has 2 atom stereocenters. The van der Waals surface area contributed by atoms with E-state index in [-0.39, 0.29) is 85.5 Å². The Hall–Kier alpha value is -3.22. The van der Waals surface area contributed by atoms with E-state index in [0.29, 0.717) is 77.2 Å². The minimum absolute atomic E-state index is 0.0543. The van der Waals surface area contributed by atoms with E-state index in [9.17, 15) is 38.4 Å². The molecular formula is C98H184N4O12S2. The second-order valence-electron chi connectivity index (χ2n) is 34.4. The first-order valence-corrected chi connectivity index (χ1v) is 51.9. The van der Waals surface area contributed by atoms with Crippen LogP contribution in [-0.2, 0) is 57.3 Å². The van der Waals surface area contributed by atoms with Crippen molar-refractivity contribution < 1.29 is 57.3 Å². The van der Waals surface area contributed by atoms with Crippen LogP contribution < -0.4 is 10.6 Å². The standard InChI is InChI=1S/C98H184N4O12S2/c1-5-9-13-17-21-25-29-33-37-41-45-49-53-57-61-65-83-111-91(103)73-77-101(78-74-92(104)112-84-66-62-58-54-50-46-42-38-34-30-26-22-18-14-10-6-2)81-87-115-95(107)71-69-89-97(109)100-90(98(110)99-89)70-72-96(108)116-88-82-102(79-75-93(105)113-85-67-63-59-55-51-47-43-39-35-31-27-23-19-15-11-7-3)80-76-94(106)114-86-68-64-60-56-52-48-44-40-36-32-28-24-20-16-12-8-4/h89-90H,5-88H2,1-4H3,(H,99,110)(H,100,109). The van der Waals surface area contributed by atoms with Crippen molar-refractivity contribution in [2.75, 3.05) is 77.2 Å². The zero-order chi connectivity index (χ0) is 84.0. The number of nitrogens with one attached hydrogen (secondary N) is 2. The summed E-state index contributed by atoms with van der Waals surface area (Å²) in [5.74, 6) is -1.04. The lowest BCUT2D eigenvalue weighted by atomic mass is 10.0. The molecule has 0 saturated carbocycles. The monoisotopic (exact) mass is 1670 g/mol. The van der Waals surface area contributed by atoms with Crippen molar-refractivity contribution in [1.82, 2.24) is 20.4 Å². The van der Waals surface area contributed by atoms with E-state index in [1.54, 1.807) is 0 Å². The minimum atomic E-state index is -0.890. The Bertz CT molecular complexity index is 2010. The third kappa shape index (κ3) is 78.1. The van der Waals surface area contributed by atoms with Crippen LogP contribution in [0.1, 0.15) is 490 Å². The number of amides is 2. The van der Waals surface area contributed by atoms with Crippen LogP contribution in [0.3, 0.4) is 0 Å². The topological polar surface area (TPSA) is 204 Å². The molecule has 0 aromatic carbocycles. The van der Waals surface area contributed by atoms with Crippen molar-refractivity contribution in [1.29, 1.82) is 0 Å². The number of rotatable bonds is 92. The Morgan fingerprint density at radius 2 is 0.405 bits per heavy atom. The normalized spacial score (nSPS) is 13.6. The highest BCUT2D eigenvalue weighted by Gasteiger charge is 2.34. The highest BCUT2D eigenvalue weighted by molar-refractivity contribution is 8.13. The summed E-state index contributed by atoms with van der Waals surface area (Å²) in [4.78, 5) is 109. The van der Waals surface area contributed by atoms with E-state index < -0.39 is 23.9 Å². The fourth-order valence-corrected chi connectivity index (χ4v) is 17.3. The van der Waals surface area contributed by atoms with Gasteiger partial charge in [-0.05, 0) is 38.5 Å². The molecule has 0 aromatic rings. The van der Waals surface area contributed by atoms with Crippen molar-refractivity contribution >= 4 is 69.4 Å². The number of carbonyl (C=O) groups is 8. The van der Waals surface area contributed by atoms with Crippen LogP contribution in [0.2, 0.25) is 0 Å². The van der Waals surface area contributed by atoms with Crippen molar-refractivity contribution in [2.24, 2.45) is 0 Å². The highest BCUT2D eigenvalue weighted by atomic mass is 32.2. The van der Waals surface area contributed by atoms with Gasteiger partial charge in [-0.1, -0.05) is 436 Å². The maximum absolute atomic E-state index is 13.4. The van der Waals surface area contributed by atoms with Gasteiger partial charge in [0.05, 0.1) is 52.1 Å². The van der Waals surface area contributed by atoms with Gasteiger partial charge in [-0.3, -0.25) is 38.4 Å². The molecule has 16 nitrogen and oxygen atoms in total. The summed E-state index contributed by atoms with van der Waals surface area (Å²) >= 11 is 2.27. The molecule has 1 heterocycles. The van der Waals surface area contributed by atoms with Crippen LogP contribution >= 0.6 is 23.5 Å². The molecule has 0 spiro atoms. The molecule has 680 valence electrons. The summed E-state index contributed by atoms with van der Waals surface area (Å²) in [6, 6.07) is -1.78. The number of esters is 4. The average molecular weight is 1670 g/mol.